The molecule has 0 aliphatic heterocycles. The number of carboxylic acids is 2. The number of aliphatic carboxylic acids is 2. The number of carboxylic acid groups (broad SMARTS) is 2. The first kappa shape index (κ1) is 25.9. The Balaban J connectivity index is 1.80. The van der Waals surface area contributed by atoms with Gasteiger partial charge in [0.2, 0.25) is 5.95 Å². The number of nitrogens with one attached hydrogen (secondary N) is 2. The van der Waals surface area contributed by atoms with Crippen molar-refractivity contribution >= 4 is 36.4 Å². The molecule has 3 rings (SSSR count). The summed E-state index contributed by atoms with van der Waals surface area (Å²) in [5.41, 5.74) is 5.28. The maximum Gasteiger partial charge on any atom is 0.342 e. The van der Waals surface area contributed by atoms with Crippen LogP contribution in [0.3, 0.4) is 0 Å². The molecule has 2 aromatic heterocycles. The van der Waals surface area contributed by atoms with Crippen molar-refractivity contribution in [2.75, 3.05) is 18.8 Å². The van der Waals surface area contributed by atoms with Crippen LogP contribution in [-0.2, 0) is 25.4 Å². The number of aromatic nitrogens is 3. The molecule has 0 bridgehead atoms. The van der Waals surface area contributed by atoms with Gasteiger partial charge in [-0.25, -0.2) is 9.48 Å². The molecular weight excluding hydrogens is 488 g/mol. The monoisotopic (exact) mass is 511 g/mol. The van der Waals surface area contributed by atoms with E-state index in [4.69, 9.17) is 20.1 Å². The summed E-state index contributed by atoms with van der Waals surface area (Å²) in [4.78, 5) is 40.9. The van der Waals surface area contributed by atoms with Crippen molar-refractivity contribution in [1.29, 1.82) is 0 Å². The summed E-state index contributed by atoms with van der Waals surface area (Å²) in [5, 5.41) is 20.8. The summed E-state index contributed by atoms with van der Waals surface area (Å²) < 4.78 is 39.6. The largest absolute Gasteiger partial charge is 0.481 e. The van der Waals surface area contributed by atoms with Crippen LogP contribution in [0.1, 0.15) is 6.42 Å². The molecular formula is C20H23FN5O8P. The molecule has 3 unspecified atom stereocenters. The Morgan fingerprint density at radius 3 is 2.60 bits per heavy atom. The number of nitrogens with two attached hydrogens (primary N) is 1. The molecule has 1 aromatic carbocycles. The number of benzene rings is 1. The van der Waals surface area contributed by atoms with Gasteiger partial charge in [-0.3, -0.25) is 23.9 Å². The maximum atomic E-state index is 13.8. The first-order chi connectivity index (χ1) is 16.6. The van der Waals surface area contributed by atoms with E-state index < -0.39 is 56.6 Å². The van der Waals surface area contributed by atoms with Crippen molar-refractivity contribution in [3.8, 4) is 5.75 Å². The molecule has 13 nitrogen and oxygen atoms in total. The van der Waals surface area contributed by atoms with Crippen LogP contribution in [0, 0.1) is 0 Å². The lowest BCUT2D eigenvalue weighted by Crippen LogP contribution is -2.39. The van der Waals surface area contributed by atoms with Gasteiger partial charge < -0.3 is 29.8 Å². The van der Waals surface area contributed by atoms with Crippen LogP contribution in [0.25, 0.3) is 11.0 Å². The molecule has 0 fully saturated rings. The number of rotatable bonds is 13. The molecule has 0 saturated carbocycles. The standard InChI is InChI=1S/C20H23FN5O8P/c21-9-13(10-26-7-6-14-17(26)23-20(22)24-18(14)29)33-11-35(32,34-12-4-2-1-3-5-12)25-15(19(30)31)8-16(27)28/h1-7,13,15H,8-11H2,(H,25,32)(H,27,28)(H,30,31)(H3,22,23,24,29). The Kier molecular flexibility index (Phi) is 8.22. The number of anilines is 1. The SMILES string of the molecule is Nc1nc2c(ccn2CC(CF)OCP(=O)(NC(CC(=O)O)C(=O)O)Oc2ccccc2)c(=O)[nH]1. The number of para-hydroxylation sites is 1. The molecule has 15 heteroatoms. The van der Waals surface area contributed by atoms with Gasteiger partial charge in [-0.15, -0.1) is 0 Å². The van der Waals surface area contributed by atoms with E-state index in [9.17, 15) is 28.4 Å². The van der Waals surface area contributed by atoms with Crippen molar-refractivity contribution in [3.63, 3.8) is 0 Å². The predicted octanol–water partition coefficient (Wildman–Crippen LogP) is 1.41. The fourth-order valence-electron chi connectivity index (χ4n) is 3.15. The average molecular weight is 511 g/mol. The highest BCUT2D eigenvalue weighted by molar-refractivity contribution is 7.57. The molecule has 0 radical (unpaired) electrons. The van der Waals surface area contributed by atoms with Gasteiger partial charge in [0.05, 0.1) is 18.4 Å². The summed E-state index contributed by atoms with van der Waals surface area (Å²) >= 11 is 0. The molecule has 3 atom stereocenters. The number of alkyl halides is 1. The van der Waals surface area contributed by atoms with E-state index in [1.165, 1.54) is 29.0 Å². The number of nitrogen functional groups attached to an aromatic ring is 1. The normalized spacial score (nSPS) is 14.8. The zero-order valence-corrected chi connectivity index (χ0v) is 19.1. The number of hydrogen-bond donors (Lipinski definition) is 5. The average Bonchev–Trinajstić information content (AvgIpc) is 3.19. The predicted molar refractivity (Wildman–Crippen MR) is 122 cm³/mol. The van der Waals surface area contributed by atoms with E-state index >= 15 is 0 Å². The molecule has 0 saturated heterocycles. The molecule has 188 valence electrons. The number of halogens is 1. The topological polar surface area (TPSA) is 199 Å². The van der Waals surface area contributed by atoms with Crippen LogP contribution in [0.4, 0.5) is 10.3 Å². The van der Waals surface area contributed by atoms with E-state index in [0.29, 0.717) is 0 Å². The van der Waals surface area contributed by atoms with Crippen molar-refractivity contribution in [1.82, 2.24) is 19.6 Å². The van der Waals surface area contributed by atoms with Gasteiger partial charge in [-0.05, 0) is 18.2 Å². The number of H-pyrrole nitrogens is 1. The van der Waals surface area contributed by atoms with E-state index in [-0.39, 0.29) is 29.3 Å². The van der Waals surface area contributed by atoms with E-state index in [0.717, 1.165) is 0 Å². The molecule has 35 heavy (non-hydrogen) atoms. The van der Waals surface area contributed by atoms with Crippen LogP contribution in [0.5, 0.6) is 5.75 Å². The molecule has 0 aliphatic rings. The smallest absolute Gasteiger partial charge is 0.342 e. The molecule has 2 heterocycles. The minimum Gasteiger partial charge on any atom is -0.481 e. The van der Waals surface area contributed by atoms with E-state index in [1.807, 2.05) is 0 Å². The van der Waals surface area contributed by atoms with Crippen LogP contribution < -0.4 is 20.9 Å². The Bertz CT molecular complexity index is 1300. The van der Waals surface area contributed by atoms with Crippen molar-refractivity contribution in [2.45, 2.75) is 25.1 Å². The van der Waals surface area contributed by atoms with E-state index in [2.05, 4.69) is 15.1 Å². The number of hydrogen-bond acceptors (Lipinski definition) is 8. The summed E-state index contributed by atoms with van der Waals surface area (Å²) in [7, 11) is -4.21. The van der Waals surface area contributed by atoms with Crippen molar-refractivity contribution < 1.29 is 38.0 Å². The van der Waals surface area contributed by atoms with Gasteiger partial charge in [0, 0.05) is 6.20 Å². The van der Waals surface area contributed by atoms with Gasteiger partial charge in [-0.2, -0.15) is 4.98 Å². The summed E-state index contributed by atoms with van der Waals surface area (Å²) in [6.07, 6.45) is -1.40. The number of carbonyl (C=O) groups is 2. The molecule has 0 spiro atoms. The lowest BCUT2D eigenvalue weighted by atomic mass is 10.2. The quantitative estimate of drug-likeness (QED) is 0.208. The maximum absolute atomic E-state index is 13.8. The van der Waals surface area contributed by atoms with Gasteiger partial charge in [0.1, 0.15) is 36.6 Å². The lowest BCUT2D eigenvalue weighted by molar-refractivity contribution is -0.145. The highest BCUT2D eigenvalue weighted by Gasteiger charge is 2.34. The molecule has 6 N–H and O–H groups in total. The van der Waals surface area contributed by atoms with Crippen LogP contribution >= 0.6 is 7.52 Å². The minimum absolute atomic E-state index is 0.0958. The van der Waals surface area contributed by atoms with Gasteiger partial charge >= 0.3 is 19.5 Å². The van der Waals surface area contributed by atoms with Gasteiger partial charge in [0.15, 0.2) is 0 Å². The third-order valence-corrected chi connectivity index (χ3v) is 6.42. The summed E-state index contributed by atoms with van der Waals surface area (Å²) in [5.74, 6) is -3.05. The van der Waals surface area contributed by atoms with Crippen LogP contribution in [0.15, 0.2) is 47.4 Å². The lowest BCUT2D eigenvalue weighted by Gasteiger charge is -2.25. The van der Waals surface area contributed by atoms with Crippen molar-refractivity contribution in [3.05, 3.63) is 52.9 Å². The first-order valence-electron chi connectivity index (χ1n) is 10.2. The fourth-order valence-corrected chi connectivity index (χ4v) is 4.88. The highest BCUT2D eigenvalue weighted by Crippen LogP contribution is 2.44. The first-order valence-corrected chi connectivity index (χ1v) is 12.0. The minimum atomic E-state index is -4.21. The molecule has 0 aliphatic carbocycles. The Morgan fingerprint density at radius 1 is 1.26 bits per heavy atom. The van der Waals surface area contributed by atoms with E-state index in [1.54, 1.807) is 18.2 Å². The fraction of sp³-hybridized carbons (Fsp3) is 0.300. The zero-order valence-electron chi connectivity index (χ0n) is 18.2. The number of fused-ring (bicyclic) bond motifs is 1. The second-order valence-corrected chi connectivity index (χ2v) is 9.47. The van der Waals surface area contributed by atoms with Crippen molar-refractivity contribution in [2.24, 2.45) is 0 Å². The van der Waals surface area contributed by atoms with Gasteiger partial charge in [-0.1, -0.05) is 18.2 Å². The third kappa shape index (κ3) is 6.88. The number of ether oxygens (including phenoxy) is 1. The van der Waals surface area contributed by atoms with Crippen LogP contribution in [-0.4, -0.2) is 61.9 Å². The Morgan fingerprint density at radius 2 is 1.97 bits per heavy atom. The van der Waals surface area contributed by atoms with Crippen LogP contribution in [0.2, 0.25) is 0 Å². The van der Waals surface area contributed by atoms with Gasteiger partial charge in [0.25, 0.3) is 5.56 Å². The number of aromatic amines is 1. The molecule has 0 amide bonds. The Labute approximate surface area is 197 Å². The molecule has 3 aromatic rings. The zero-order chi connectivity index (χ0) is 25.6. The Hall–Kier alpha value is -3.74. The second-order valence-electron chi connectivity index (χ2n) is 7.42. The summed E-state index contributed by atoms with van der Waals surface area (Å²) in [6, 6.07) is 7.42. The number of nitrogens with zero attached hydrogens (tertiary/aromatic N) is 2. The third-order valence-electron chi connectivity index (χ3n) is 4.72. The summed E-state index contributed by atoms with van der Waals surface area (Å²) in [6.45, 7) is -1.19. The second kappa shape index (κ2) is 11.1. The highest BCUT2D eigenvalue weighted by atomic mass is 31.2.